The molecule has 0 saturated carbocycles. The van der Waals surface area contributed by atoms with Gasteiger partial charge in [-0.1, -0.05) is 0 Å². The molecular formula is C15H22N2O2. The van der Waals surface area contributed by atoms with E-state index in [1.54, 1.807) is 12.1 Å². The number of carbonyl (C=O) groups excluding carboxylic acids is 1. The Morgan fingerprint density at radius 1 is 1.42 bits per heavy atom. The SMILES string of the molecule is CC(=O)c1ccc(N2CCCC(N(C)C)C2)cc1O. The van der Waals surface area contributed by atoms with Gasteiger partial charge < -0.3 is 14.9 Å². The molecule has 4 heteroatoms. The van der Waals surface area contributed by atoms with E-state index in [-0.39, 0.29) is 11.5 Å². The van der Waals surface area contributed by atoms with E-state index in [1.165, 1.54) is 13.3 Å². The molecule has 1 heterocycles. The highest BCUT2D eigenvalue weighted by atomic mass is 16.3. The van der Waals surface area contributed by atoms with Crippen LogP contribution in [0.2, 0.25) is 0 Å². The summed E-state index contributed by atoms with van der Waals surface area (Å²) in [5.74, 6) is -0.0224. The molecule has 0 aliphatic carbocycles. The van der Waals surface area contributed by atoms with Gasteiger partial charge in [-0.3, -0.25) is 4.79 Å². The zero-order chi connectivity index (χ0) is 14.0. The maximum atomic E-state index is 11.3. The van der Waals surface area contributed by atoms with E-state index in [2.05, 4.69) is 23.9 Å². The Bertz CT molecular complexity index is 471. The summed E-state index contributed by atoms with van der Waals surface area (Å²) in [6.45, 7) is 3.44. The molecule has 0 bridgehead atoms. The Labute approximate surface area is 114 Å². The third-order valence-electron chi connectivity index (χ3n) is 3.85. The van der Waals surface area contributed by atoms with Gasteiger partial charge >= 0.3 is 0 Å². The van der Waals surface area contributed by atoms with Crippen LogP contribution < -0.4 is 4.90 Å². The summed E-state index contributed by atoms with van der Waals surface area (Å²) in [5.41, 5.74) is 1.39. The van der Waals surface area contributed by atoms with E-state index < -0.39 is 0 Å². The maximum Gasteiger partial charge on any atom is 0.163 e. The molecule has 1 aromatic rings. The first-order valence-electron chi connectivity index (χ1n) is 6.74. The number of aromatic hydroxyl groups is 1. The first kappa shape index (κ1) is 13.9. The highest BCUT2D eigenvalue weighted by Gasteiger charge is 2.22. The normalized spacial score (nSPS) is 19.8. The van der Waals surface area contributed by atoms with Crippen LogP contribution in [0.3, 0.4) is 0 Å². The van der Waals surface area contributed by atoms with Gasteiger partial charge in [0.25, 0.3) is 0 Å². The molecule has 1 aromatic carbocycles. The molecule has 19 heavy (non-hydrogen) atoms. The van der Waals surface area contributed by atoms with E-state index in [1.807, 2.05) is 6.07 Å². The molecule has 0 radical (unpaired) electrons. The van der Waals surface area contributed by atoms with Gasteiger partial charge in [0.05, 0.1) is 5.56 Å². The van der Waals surface area contributed by atoms with Crippen LogP contribution in [0.4, 0.5) is 5.69 Å². The van der Waals surface area contributed by atoms with Crippen molar-refractivity contribution in [1.29, 1.82) is 0 Å². The molecule has 104 valence electrons. The Morgan fingerprint density at radius 2 is 2.16 bits per heavy atom. The smallest absolute Gasteiger partial charge is 0.163 e. The molecule has 1 fully saturated rings. The number of rotatable bonds is 3. The number of carbonyl (C=O) groups is 1. The van der Waals surface area contributed by atoms with Crippen LogP contribution in [-0.2, 0) is 0 Å². The standard InChI is InChI=1S/C15H22N2O2/c1-11(18)14-7-6-12(9-15(14)19)17-8-4-5-13(10-17)16(2)3/h6-7,9,13,19H,4-5,8,10H2,1-3H3. The molecule has 1 N–H and O–H groups in total. The van der Waals surface area contributed by atoms with Gasteiger partial charge in [0.2, 0.25) is 0 Å². The molecule has 0 aromatic heterocycles. The average Bonchev–Trinajstić information content (AvgIpc) is 2.38. The van der Waals surface area contributed by atoms with E-state index >= 15 is 0 Å². The second-order valence-corrected chi connectivity index (χ2v) is 5.46. The third-order valence-corrected chi connectivity index (χ3v) is 3.85. The van der Waals surface area contributed by atoms with Crippen molar-refractivity contribution < 1.29 is 9.90 Å². The minimum atomic E-state index is -0.103. The van der Waals surface area contributed by atoms with Gasteiger partial charge in [0, 0.05) is 30.9 Å². The van der Waals surface area contributed by atoms with E-state index in [4.69, 9.17) is 0 Å². The van der Waals surface area contributed by atoms with Gasteiger partial charge in [-0.25, -0.2) is 0 Å². The minimum absolute atomic E-state index is 0.0805. The summed E-state index contributed by atoms with van der Waals surface area (Å²) in [6.07, 6.45) is 2.36. The average molecular weight is 262 g/mol. The van der Waals surface area contributed by atoms with Gasteiger partial charge in [-0.05, 0) is 46.0 Å². The molecule has 1 aliphatic heterocycles. The molecule has 0 amide bonds. The number of Topliss-reactive ketones (excluding diaryl/α,β-unsaturated/α-hetero) is 1. The van der Waals surface area contributed by atoms with Crippen molar-refractivity contribution in [3.8, 4) is 5.75 Å². The fraction of sp³-hybridized carbons (Fsp3) is 0.533. The number of anilines is 1. The third kappa shape index (κ3) is 3.07. The van der Waals surface area contributed by atoms with Crippen LogP contribution in [0.25, 0.3) is 0 Å². The van der Waals surface area contributed by atoms with Gasteiger partial charge in [-0.2, -0.15) is 0 Å². The quantitative estimate of drug-likeness (QED) is 0.847. The lowest BCUT2D eigenvalue weighted by atomic mass is 10.0. The first-order valence-corrected chi connectivity index (χ1v) is 6.74. The number of nitrogens with zero attached hydrogens (tertiary/aromatic N) is 2. The van der Waals surface area contributed by atoms with Crippen LogP contribution in [0, 0.1) is 0 Å². The number of hydrogen-bond donors (Lipinski definition) is 1. The minimum Gasteiger partial charge on any atom is -0.507 e. The summed E-state index contributed by atoms with van der Waals surface area (Å²) in [6, 6.07) is 5.89. The van der Waals surface area contributed by atoms with Crippen molar-refractivity contribution in [1.82, 2.24) is 4.90 Å². The summed E-state index contributed by atoms with van der Waals surface area (Å²) < 4.78 is 0. The number of phenolic OH excluding ortho intramolecular Hbond substituents is 1. The van der Waals surface area contributed by atoms with Crippen molar-refractivity contribution in [2.45, 2.75) is 25.8 Å². The van der Waals surface area contributed by atoms with Gasteiger partial charge in [-0.15, -0.1) is 0 Å². The van der Waals surface area contributed by atoms with E-state index in [0.717, 1.165) is 25.2 Å². The molecule has 2 rings (SSSR count). The topological polar surface area (TPSA) is 43.8 Å². The number of ketones is 1. The summed E-state index contributed by atoms with van der Waals surface area (Å²) in [7, 11) is 4.20. The van der Waals surface area contributed by atoms with Crippen molar-refractivity contribution in [2.75, 3.05) is 32.1 Å². The zero-order valence-electron chi connectivity index (χ0n) is 11.9. The fourth-order valence-electron chi connectivity index (χ4n) is 2.63. The molecule has 1 unspecified atom stereocenters. The predicted molar refractivity (Wildman–Crippen MR) is 77.0 cm³/mol. The summed E-state index contributed by atoms with van der Waals surface area (Å²) >= 11 is 0. The lowest BCUT2D eigenvalue weighted by Gasteiger charge is -2.37. The summed E-state index contributed by atoms with van der Waals surface area (Å²) in [4.78, 5) is 15.8. The van der Waals surface area contributed by atoms with Gasteiger partial charge in [0.1, 0.15) is 5.75 Å². The molecule has 1 atom stereocenters. The zero-order valence-corrected chi connectivity index (χ0v) is 11.9. The Kier molecular flexibility index (Phi) is 4.10. The lowest BCUT2D eigenvalue weighted by Crippen LogP contribution is -2.45. The van der Waals surface area contributed by atoms with Crippen molar-refractivity contribution in [3.05, 3.63) is 23.8 Å². The Hall–Kier alpha value is -1.55. The monoisotopic (exact) mass is 262 g/mol. The lowest BCUT2D eigenvalue weighted by molar-refractivity contribution is 0.101. The number of hydrogen-bond acceptors (Lipinski definition) is 4. The highest BCUT2D eigenvalue weighted by molar-refractivity contribution is 5.97. The second-order valence-electron chi connectivity index (χ2n) is 5.46. The predicted octanol–water partition coefficient (Wildman–Crippen LogP) is 2.13. The second kappa shape index (κ2) is 5.61. The Balaban J connectivity index is 2.18. The summed E-state index contributed by atoms with van der Waals surface area (Å²) in [5, 5.41) is 9.91. The van der Waals surface area contributed by atoms with Crippen LogP contribution in [0.15, 0.2) is 18.2 Å². The number of likely N-dealkylation sites (N-methyl/N-ethyl adjacent to an activating group) is 1. The van der Waals surface area contributed by atoms with Crippen LogP contribution in [0.1, 0.15) is 30.1 Å². The first-order chi connectivity index (χ1) is 8.99. The maximum absolute atomic E-state index is 11.3. The van der Waals surface area contributed by atoms with Gasteiger partial charge in [0.15, 0.2) is 5.78 Å². The van der Waals surface area contributed by atoms with E-state index in [9.17, 15) is 9.90 Å². The molecule has 1 saturated heterocycles. The van der Waals surface area contributed by atoms with Crippen LogP contribution in [0.5, 0.6) is 5.75 Å². The largest absolute Gasteiger partial charge is 0.507 e. The Morgan fingerprint density at radius 3 is 2.74 bits per heavy atom. The van der Waals surface area contributed by atoms with Crippen molar-refractivity contribution in [2.24, 2.45) is 0 Å². The number of benzene rings is 1. The van der Waals surface area contributed by atoms with Crippen molar-refractivity contribution in [3.63, 3.8) is 0 Å². The number of piperidine rings is 1. The highest BCUT2D eigenvalue weighted by Crippen LogP contribution is 2.27. The number of phenols is 1. The fourth-order valence-corrected chi connectivity index (χ4v) is 2.63. The van der Waals surface area contributed by atoms with Crippen LogP contribution >= 0.6 is 0 Å². The van der Waals surface area contributed by atoms with Crippen molar-refractivity contribution >= 4 is 11.5 Å². The van der Waals surface area contributed by atoms with E-state index in [0.29, 0.717) is 11.6 Å². The van der Waals surface area contributed by atoms with Crippen LogP contribution in [-0.4, -0.2) is 49.0 Å². The molecule has 0 spiro atoms. The molecular weight excluding hydrogens is 240 g/mol. The molecule has 1 aliphatic rings. The molecule has 4 nitrogen and oxygen atoms in total.